The van der Waals surface area contributed by atoms with Crippen LogP contribution in [0.3, 0.4) is 0 Å². The van der Waals surface area contributed by atoms with Crippen LogP contribution in [0.1, 0.15) is 17.3 Å². The van der Waals surface area contributed by atoms with Crippen LogP contribution in [0.15, 0.2) is 60.7 Å². The zero-order chi connectivity index (χ0) is 21.3. The summed E-state index contributed by atoms with van der Waals surface area (Å²) in [6, 6.07) is 17.1. The molecule has 0 fully saturated rings. The van der Waals surface area contributed by atoms with Crippen molar-refractivity contribution in [2.75, 3.05) is 11.9 Å². The van der Waals surface area contributed by atoms with Gasteiger partial charge in [-0.3, -0.25) is 4.79 Å². The number of aromatic nitrogens is 1. The normalized spacial score (nSPS) is 11.0. The van der Waals surface area contributed by atoms with Crippen LogP contribution in [0.25, 0.3) is 21.8 Å². The first-order chi connectivity index (χ1) is 14.5. The average molecular weight is 425 g/mol. The maximum Gasteiger partial charge on any atom is 0.340 e. The lowest BCUT2D eigenvalue weighted by Crippen LogP contribution is -2.21. The first-order valence-electron chi connectivity index (χ1n) is 9.41. The van der Waals surface area contributed by atoms with Crippen molar-refractivity contribution in [2.45, 2.75) is 13.5 Å². The molecule has 0 bridgehead atoms. The van der Waals surface area contributed by atoms with E-state index in [4.69, 9.17) is 16.3 Å². The Hall–Kier alpha value is -3.38. The Labute approximate surface area is 177 Å². The van der Waals surface area contributed by atoms with E-state index in [0.29, 0.717) is 5.69 Å². The fourth-order valence-corrected chi connectivity index (χ4v) is 3.78. The van der Waals surface area contributed by atoms with Crippen molar-refractivity contribution in [2.24, 2.45) is 0 Å². The van der Waals surface area contributed by atoms with E-state index in [1.165, 1.54) is 6.07 Å². The molecule has 0 saturated heterocycles. The number of fused-ring (bicyclic) bond motifs is 3. The number of amides is 1. The number of halogens is 2. The van der Waals surface area contributed by atoms with Gasteiger partial charge >= 0.3 is 5.97 Å². The standard InChI is InChI=1S/C23H18ClFN2O3/c1-2-27-20-6-4-3-5-16(20)18-12-15(8-10-21(18)27)26-22(28)13-30-23(29)17-9-7-14(25)11-19(17)24/h3-12H,2,13H2,1H3,(H,26,28). The molecule has 4 rings (SSSR count). The summed E-state index contributed by atoms with van der Waals surface area (Å²) >= 11 is 5.84. The van der Waals surface area contributed by atoms with Crippen LogP contribution < -0.4 is 5.32 Å². The first kappa shape index (κ1) is 19.9. The van der Waals surface area contributed by atoms with E-state index >= 15 is 0 Å². The van der Waals surface area contributed by atoms with E-state index < -0.39 is 24.3 Å². The van der Waals surface area contributed by atoms with Crippen LogP contribution in [0.4, 0.5) is 10.1 Å². The molecule has 30 heavy (non-hydrogen) atoms. The van der Waals surface area contributed by atoms with Crippen molar-refractivity contribution in [1.29, 1.82) is 0 Å². The average Bonchev–Trinajstić information content (AvgIpc) is 3.05. The molecule has 0 spiro atoms. The van der Waals surface area contributed by atoms with Crippen molar-refractivity contribution < 1.29 is 18.7 Å². The van der Waals surface area contributed by atoms with Gasteiger partial charge in [-0.1, -0.05) is 29.8 Å². The minimum absolute atomic E-state index is 0.000313. The van der Waals surface area contributed by atoms with Crippen LogP contribution in [0.5, 0.6) is 0 Å². The Kier molecular flexibility index (Phi) is 5.42. The lowest BCUT2D eigenvalue weighted by Gasteiger charge is -2.08. The first-order valence-corrected chi connectivity index (χ1v) is 9.78. The number of anilines is 1. The highest BCUT2D eigenvalue weighted by atomic mass is 35.5. The van der Waals surface area contributed by atoms with E-state index in [0.717, 1.165) is 40.5 Å². The van der Waals surface area contributed by atoms with Crippen molar-refractivity contribution in [3.63, 3.8) is 0 Å². The summed E-state index contributed by atoms with van der Waals surface area (Å²) in [5.41, 5.74) is 2.81. The summed E-state index contributed by atoms with van der Waals surface area (Å²) < 4.78 is 20.3. The van der Waals surface area contributed by atoms with Gasteiger partial charge < -0.3 is 14.6 Å². The summed E-state index contributed by atoms with van der Waals surface area (Å²) in [5.74, 6) is -1.84. The minimum Gasteiger partial charge on any atom is -0.452 e. The zero-order valence-corrected chi connectivity index (χ0v) is 16.9. The molecule has 7 heteroatoms. The van der Waals surface area contributed by atoms with Crippen LogP contribution in [0, 0.1) is 5.82 Å². The number of carbonyl (C=O) groups excluding carboxylic acids is 2. The number of hydrogen-bond acceptors (Lipinski definition) is 3. The predicted molar refractivity (Wildman–Crippen MR) is 115 cm³/mol. The molecule has 0 saturated carbocycles. The Morgan fingerprint density at radius 3 is 2.57 bits per heavy atom. The van der Waals surface area contributed by atoms with E-state index in [2.05, 4.69) is 22.9 Å². The van der Waals surface area contributed by atoms with Gasteiger partial charge in [0.2, 0.25) is 0 Å². The number of esters is 1. The maximum atomic E-state index is 13.1. The third kappa shape index (κ3) is 3.74. The third-order valence-corrected chi connectivity index (χ3v) is 5.17. The maximum absolute atomic E-state index is 13.1. The fourth-order valence-electron chi connectivity index (χ4n) is 3.53. The van der Waals surface area contributed by atoms with E-state index in [1.54, 1.807) is 0 Å². The lowest BCUT2D eigenvalue weighted by molar-refractivity contribution is -0.119. The van der Waals surface area contributed by atoms with Crippen LogP contribution in [-0.2, 0) is 16.1 Å². The van der Waals surface area contributed by atoms with Gasteiger partial charge in [-0.2, -0.15) is 0 Å². The molecule has 0 aliphatic carbocycles. The summed E-state index contributed by atoms with van der Waals surface area (Å²) in [6.07, 6.45) is 0. The highest BCUT2D eigenvalue weighted by Crippen LogP contribution is 2.31. The monoisotopic (exact) mass is 424 g/mol. The Balaban J connectivity index is 1.49. The zero-order valence-electron chi connectivity index (χ0n) is 16.1. The van der Waals surface area contributed by atoms with Gasteiger partial charge in [-0.05, 0) is 49.4 Å². The van der Waals surface area contributed by atoms with Crippen molar-refractivity contribution >= 4 is 51.0 Å². The summed E-state index contributed by atoms with van der Waals surface area (Å²) in [5, 5.41) is 4.79. The van der Waals surface area contributed by atoms with E-state index in [-0.39, 0.29) is 10.6 Å². The second-order valence-corrected chi connectivity index (χ2v) is 7.15. The molecule has 3 aromatic carbocycles. The molecule has 0 aliphatic heterocycles. The molecule has 1 aromatic heterocycles. The second kappa shape index (κ2) is 8.16. The molecule has 5 nitrogen and oxygen atoms in total. The number of ether oxygens (including phenoxy) is 1. The number of carbonyl (C=O) groups is 2. The Bertz CT molecular complexity index is 1280. The van der Waals surface area contributed by atoms with Crippen molar-refractivity contribution in [3.8, 4) is 0 Å². The molecular weight excluding hydrogens is 407 g/mol. The number of hydrogen-bond donors (Lipinski definition) is 1. The molecule has 0 radical (unpaired) electrons. The lowest BCUT2D eigenvalue weighted by atomic mass is 10.1. The SMILES string of the molecule is CCn1c2ccccc2c2cc(NC(=O)COC(=O)c3ccc(F)cc3Cl)ccc21. The van der Waals surface area contributed by atoms with Crippen LogP contribution >= 0.6 is 11.6 Å². The molecule has 1 N–H and O–H groups in total. The van der Waals surface area contributed by atoms with E-state index in [9.17, 15) is 14.0 Å². The Morgan fingerprint density at radius 2 is 1.80 bits per heavy atom. The smallest absolute Gasteiger partial charge is 0.340 e. The molecule has 0 aliphatic rings. The van der Waals surface area contributed by atoms with Crippen molar-refractivity contribution in [1.82, 2.24) is 4.57 Å². The molecular formula is C23H18ClFN2O3. The number of rotatable bonds is 5. The van der Waals surface area contributed by atoms with E-state index in [1.807, 2.05) is 36.4 Å². The molecule has 1 heterocycles. The van der Waals surface area contributed by atoms with Gasteiger partial charge in [0, 0.05) is 34.0 Å². The van der Waals surface area contributed by atoms with Crippen LogP contribution in [-0.4, -0.2) is 23.1 Å². The minimum atomic E-state index is -0.795. The molecule has 1 amide bonds. The van der Waals surface area contributed by atoms with Crippen molar-refractivity contribution in [3.05, 3.63) is 77.1 Å². The fraction of sp³-hybridized carbons (Fsp3) is 0.130. The predicted octanol–water partition coefficient (Wildman–Crippen LogP) is 5.40. The van der Waals surface area contributed by atoms with Gasteiger partial charge in [-0.15, -0.1) is 0 Å². The summed E-state index contributed by atoms with van der Waals surface area (Å²) in [6.45, 7) is 2.43. The van der Waals surface area contributed by atoms with Gasteiger partial charge in [0.15, 0.2) is 6.61 Å². The van der Waals surface area contributed by atoms with Gasteiger partial charge in [0.05, 0.1) is 10.6 Å². The third-order valence-electron chi connectivity index (χ3n) is 4.86. The second-order valence-electron chi connectivity index (χ2n) is 6.74. The quantitative estimate of drug-likeness (QED) is 0.436. The summed E-state index contributed by atoms with van der Waals surface area (Å²) in [7, 11) is 0. The van der Waals surface area contributed by atoms with Gasteiger partial charge in [0.25, 0.3) is 5.91 Å². The number of benzene rings is 3. The Morgan fingerprint density at radius 1 is 1.03 bits per heavy atom. The largest absolute Gasteiger partial charge is 0.452 e. The van der Waals surface area contributed by atoms with Crippen LogP contribution in [0.2, 0.25) is 5.02 Å². The molecule has 152 valence electrons. The number of nitrogens with one attached hydrogen (secondary N) is 1. The number of nitrogens with zero attached hydrogens (tertiary/aromatic N) is 1. The highest BCUT2D eigenvalue weighted by Gasteiger charge is 2.15. The summed E-state index contributed by atoms with van der Waals surface area (Å²) in [4.78, 5) is 24.3. The highest BCUT2D eigenvalue weighted by molar-refractivity contribution is 6.33. The topological polar surface area (TPSA) is 60.3 Å². The van der Waals surface area contributed by atoms with Gasteiger partial charge in [0.1, 0.15) is 5.82 Å². The van der Waals surface area contributed by atoms with Gasteiger partial charge in [-0.25, -0.2) is 9.18 Å². The number of aryl methyl sites for hydroxylation is 1. The molecule has 0 atom stereocenters. The number of para-hydroxylation sites is 1. The molecule has 4 aromatic rings. The molecule has 0 unspecified atom stereocenters.